The smallest absolute Gasteiger partial charge is 0.282 e. The minimum absolute atomic E-state index is 0.0493. The number of hydrogen-bond donors (Lipinski definition) is 0. The molecule has 1 aliphatic heterocycles. The van der Waals surface area contributed by atoms with E-state index in [-0.39, 0.29) is 12.6 Å². The van der Waals surface area contributed by atoms with E-state index in [1.165, 1.54) is 4.31 Å². The van der Waals surface area contributed by atoms with Gasteiger partial charge in [0.2, 0.25) is 5.89 Å². The highest BCUT2D eigenvalue weighted by atomic mass is 32.2. The van der Waals surface area contributed by atoms with Gasteiger partial charge in [-0.05, 0) is 19.8 Å². The maximum atomic E-state index is 12.5. The fraction of sp³-hybridized carbons (Fsp3) is 0.818. The number of aryl methyl sites for hydroxylation is 1. The summed E-state index contributed by atoms with van der Waals surface area (Å²) in [5, 5.41) is 3.72. The molecular formula is C11H20N4O3S. The maximum Gasteiger partial charge on any atom is 0.282 e. The van der Waals surface area contributed by atoms with Crippen LogP contribution < -0.4 is 0 Å². The number of hydrogen-bond acceptors (Lipinski definition) is 5. The summed E-state index contributed by atoms with van der Waals surface area (Å²) in [5.74, 6) is 0.820. The largest absolute Gasteiger partial charge is 0.340 e. The highest BCUT2D eigenvalue weighted by Crippen LogP contribution is 2.22. The normalized spacial score (nSPS) is 22.0. The molecule has 1 saturated heterocycles. The molecule has 0 radical (unpaired) electrons. The van der Waals surface area contributed by atoms with Crippen LogP contribution in [0.15, 0.2) is 4.52 Å². The van der Waals surface area contributed by atoms with Crippen molar-refractivity contribution in [3.05, 3.63) is 11.7 Å². The van der Waals surface area contributed by atoms with Crippen molar-refractivity contribution in [2.24, 2.45) is 0 Å². The van der Waals surface area contributed by atoms with E-state index in [0.717, 1.165) is 19.3 Å². The summed E-state index contributed by atoms with van der Waals surface area (Å²) in [5.41, 5.74) is 0. The van der Waals surface area contributed by atoms with Gasteiger partial charge in [0.05, 0.1) is 6.54 Å². The molecule has 1 atom stereocenters. The second-order valence-corrected chi connectivity index (χ2v) is 6.94. The lowest BCUT2D eigenvalue weighted by Crippen LogP contribution is -2.48. The first-order chi connectivity index (χ1) is 8.91. The van der Waals surface area contributed by atoms with Crippen LogP contribution in [0.2, 0.25) is 0 Å². The van der Waals surface area contributed by atoms with Gasteiger partial charge in [-0.15, -0.1) is 0 Å². The molecule has 0 bridgehead atoms. The summed E-state index contributed by atoms with van der Waals surface area (Å²) in [6.07, 6.45) is 2.91. The van der Waals surface area contributed by atoms with Crippen LogP contribution in [-0.2, 0) is 16.8 Å². The Labute approximate surface area is 113 Å². The molecule has 1 aromatic rings. The minimum Gasteiger partial charge on any atom is -0.340 e. The van der Waals surface area contributed by atoms with Crippen molar-refractivity contribution in [3.8, 4) is 0 Å². The molecule has 7 nitrogen and oxygen atoms in total. The Morgan fingerprint density at radius 3 is 2.79 bits per heavy atom. The van der Waals surface area contributed by atoms with E-state index in [4.69, 9.17) is 4.52 Å². The second-order valence-electron chi connectivity index (χ2n) is 4.95. The van der Waals surface area contributed by atoms with Crippen LogP contribution in [0.25, 0.3) is 0 Å². The highest BCUT2D eigenvalue weighted by Gasteiger charge is 2.33. The predicted octanol–water partition coefficient (Wildman–Crippen LogP) is 0.929. The molecule has 0 spiro atoms. The van der Waals surface area contributed by atoms with Gasteiger partial charge in [0.25, 0.3) is 10.2 Å². The molecule has 2 heterocycles. The van der Waals surface area contributed by atoms with Crippen LogP contribution in [0.5, 0.6) is 0 Å². The van der Waals surface area contributed by atoms with Gasteiger partial charge in [0.15, 0.2) is 5.82 Å². The Morgan fingerprint density at radius 1 is 1.47 bits per heavy atom. The molecule has 0 aromatic carbocycles. The zero-order valence-corrected chi connectivity index (χ0v) is 12.4. The van der Waals surface area contributed by atoms with Crippen molar-refractivity contribution in [2.45, 2.75) is 45.7 Å². The number of nitrogens with zero attached hydrogens (tertiary/aromatic N) is 4. The molecule has 108 valence electrons. The predicted molar refractivity (Wildman–Crippen MR) is 69.4 cm³/mol. The number of aromatic nitrogens is 2. The van der Waals surface area contributed by atoms with Crippen LogP contribution in [0, 0.1) is 6.92 Å². The Kier molecular flexibility index (Phi) is 4.22. The Hall–Kier alpha value is -0.990. The first kappa shape index (κ1) is 14.4. The van der Waals surface area contributed by atoms with E-state index in [0.29, 0.717) is 18.3 Å². The van der Waals surface area contributed by atoms with Crippen molar-refractivity contribution in [2.75, 3.05) is 13.6 Å². The molecule has 1 unspecified atom stereocenters. The molecule has 19 heavy (non-hydrogen) atoms. The van der Waals surface area contributed by atoms with E-state index in [1.54, 1.807) is 18.3 Å². The zero-order chi connectivity index (χ0) is 14.0. The average Bonchev–Trinajstić information content (AvgIpc) is 2.75. The quantitative estimate of drug-likeness (QED) is 0.823. The van der Waals surface area contributed by atoms with E-state index in [2.05, 4.69) is 10.1 Å². The van der Waals surface area contributed by atoms with Crippen molar-refractivity contribution in [1.82, 2.24) is 18.8 Å². The zero-order valence-electron chi connectivity index (χ0n) is 11.5. The van der Waals surface area contributed by atoms with Crippen molar-refractivity contribution >= 4 is 10.2 Å². The van der Waals surface area contributed by atoms with Gasteiger partial charge in [0, 0.05) is 26.6 Å². The minimum atomic E-state index is -3.46. The molecule has 0 N–H and O–H groups in total. The first-order valence-electron chi connectivity index (χ1n) is 6.43. The maximum absolute atomic E-state index is 12.5. The van der Waals surface area contributed by atoms with Crippen LogP contribution >= 0.6 is 0 Å². The summed E-state index contributed by atoms with van der Waals surface area (Å²) >= 11 is 0. The Balaban J connectivity index is 2.10. The molecule has 0 aliphatic carbocycles. The second kappa shape index (κ2) is 5.56. The van der Waals surface area contributed by atoms with Crippen LogP contribution in [0.3, 0.4) is 0 Å². The molecule has 1 fully saturated rings. The average molecular weight is 288 g/mol. The topological polar surface area (TPSA) is 79.5 Å². The first-order valence-corrected chi connectivity index (χ1v) is 7.83. The van der Waals surface area contributed by atoms with E-state index >= 15 is 0 Å². The summed E-state index contributed by atoms with van der Waals surface area (Å²) in [7, 11) is -1.91. The van der Waals surface area contributed by atoms with Gasteiger partial charge in [0.1, 0.15) is 0 Å². The van der Waals surface area contributed by atoms with E-state index in [1.807, 2.05) is 6.92 Å². The fourth-order valence-electron chi connectivity index (χ4n) is 2.28. The lowest BCUT2D eigenvalue weighted by atomic mass is 10.1. The Morgan fingerprint density at radius 2 is 2.21 bits per heavy atom. The fourth-order valence-corrected chi connectivity index (χ4v) is 3.84. The van der Waals surface area contributed by atoms with Gasteiger partial charge in [-0.1, -0.05) is 11.6 Å². The standard InChI is InChI=1S/C11H20N4O3S/c1-9-6-4-5-7-15(9)19(16,17)14(3)8-11-12-10(2)18-13-11/h9H,4-8H2,1-3H3. The van der Waals surface area contributed by atoms with E-state index < -0.39 is 10.2 Å². The highest BCUT2D eigenvalue weighted by molar-refractivity contribution is 7.86. The van der Waals surface area contributed by atoms with Crippen LogP contribution in [-0.4, -0.2) is 46.8 Å². The van der Waals surface area contributed by atoms with Crippen LogP contribution in [0.1, 0.15) is 37.9 Å². The molecule has 1 aliphatic rings. The molecule has 0 saturated carbocycles. The summed E-state index contributed by atoms with van der Waals surface area (Å²) in [4.78, 5) is 4.03. The van der Waals surface area contributed by atoms with Gasteiger partial charge < -0.3 is 4.52 Å². The third kappa shape index (κ3) is 3.13. The third-order valence-corrected chi connectivity index (χ3v) is 5.42. The Bertz CT molecular complexity index is 528. The van der Waals surface area contributed by atoms with Crippen molar-refractivity contribution < 1.29 is 12.9 Å². The lowest BCUT2D eigenvalue weighted by Gasteiger charge is -2.34. The van der Waals surface area contributed by atoms with Gasteiger partial charge in [-0.2, -0.15) is 22.0 Å². The molecule has 8 heteroatoms. The monoisotopic (exact) mass is 288 g/mol. The molecule has 0 amide bonds. The van der Waals surface area contributed by atoms with Crippen molar-refractivity contribution in [1.29, 1.82) is 0 Å². The molecule has 1 aromatic heterocycles. The summed E-state index contributed by atoms with van der Waals surface area (Å²) in [6.45, 7) is 4.34. The van der Waals surface area contributed by atoms with Gasteiger partial charge >= 0.3 is 0 Å². The van der Waals surface area contributed by atoms with Gasteiger partial charge in [-0.25, -0.2) is 0 Å². The number of rotatable bonds is 4. The summed E-state index contributed by atoms with van der Waals surface area (Å²) in [6, 6.07) is 0.0493. The summed E-state index contributed by atoms with van der Waals surface area (Å²) < 4.78 is 32.6. The third-order valence-electron chi connectivity index (χ3n) is 3.37. The molecule has 2 rings (SSSR count). The van der Waals surface area contributed by atoms with Gasteiger partial charge in [-0.3, -0.25) is 0 Å². The molecular weight excluding hydrogens is 268 g/mol. The number of piperidine rings is 1. The van der Waals surface area contributed by atoms with E-state index in [9.17, 15) is 8.42 Å². The lowest BCUT2D eigenvalue weighted by molar-refractivity contribution is 0.248. The SMILES string of the molecule is Cc1nc(CN(C)S(=O)(=O)N2CCCCC2C)no1. The van der Waals surface area contributed by atoms with Crippen LogP contribution in [0.4, 0.5) is 0 Å². The van der Waals surface area contributed by atoms with Crippen molar-refractivity contribution in [3.63, 3.8) is 0 Å².